The van der Waals surface area contributed by atoms with Crippen molar-refractivity contribution in [3.8, 4) is 6.07 Å². The second-order valence-corrected chi connectivity index (χ2v) is 4.13. The van der Waals surface area contributed by atoms with Gasteiger partial charge >= 0.3 is 0 Å². The molecule has 0 aliphatic heterocycles. The number of carbonyl (C=O) groups excluding carboxylic acids is 1. The first-order chi connectivity index (χ1) is 7.32. The third-order valence-electron chi connectivity index (χ3n) is 3.21. The van der Waals surface area contributed by atoms with Crippen LogP contribution in [-0.2, 0) is 4.79 Å². The lowest BCUT2D eigenvalue weighted by molar-refractivity contribution is -0.108. The van der Waals surface area contributed by atoms with Crippen molar-refractivity contribution in [1.29, 1.82) is 5.26 Å². The molecule has 1 aliphatic rings. The summed E-state index contributed by atoms with van der Waals surface area (Å²) < 4.78 is 0. The van der Waals surface area contributed by atoms with Gasteiger partial charge in [-0.05, 0) is 18.4 Å². The predicted molar refractivity (Wildman–Crippen MR) is 57.1 cm³/mol. The number of carbonyl (C=O) groups is 1. The molecular weight excluding hydrogens is 186 g/mol. The zero-order valence-corrected chi connectivity index (χ0v) is 8.52. The molecule has 15 heavy (non-hydrogen) atoms. The van der Waals surface area contributed by atoms with Gasteiger partial charge in [0.05, 0.1) is 11.5 Å². The molecule has 1 saturated carbocycles. The summed E-state index contributed by atoms with van der Waals surface area (Å²) in [5, 5.41) is 9.15. The Morgan fingerprint density at radius 3 is 2.53 bits per heavy atom. The third kappa shape index (κ3) is 1.78. The zero-order chi connectivity index (χ0) is 10.7. The molecule has 1 atom stereocenters. The van der Waals surface area contributed by atoms with Gasteiger partial charge in [-0.15, -0.1) is 0 Å². The molecule has 1 unspecified atom stereocenters. The molecule has 0 heterocycles. The van der Waals surface area contributed by atoms with E-state index in [0.717, 1.165) is 24.7 Å². The second kappa shape index (κ2) is 3.86. The van der Waals surface area contributed by atoms with Gasteiger partial charge in [0.2, 0.25) is 0 Å². The van der Waals surface area contributed by atoms with E-state index in [1.54, 1.807) is 0 Å². The SMILES string of the molecule is N#CC1(C(CC=O)c2ccccc2)CC1. The Balaban J connectivity index is 2.29. The molecule has 2 heteroatoms. The van der Waals surface area contributed by atoms with Crippen LogP contribution in [0.1, 0.15) is 30.7 Å². The molecule has 0 amide bonds. The van der Waals surface area contributed by atoms with Gasteiger partial charge in [-0.2, -0.15) is 5.26 Å². The van der Waals surface area contributed by atoms with Crippen molar-refractivity contribution in [3.63, 3.8) is 0 Å². The van der Waals surface area contributed by atoms with Crippen LogP contribution in [0.25, 0.3) is 0 Å². The predicted octanol–water partition coefficient (Wildman–Crippen LogP) is 2.66. The summed E-state index contributed by atoms with van der Waals surface area (Å²) in [5.74, 6) is 0.0844. The Kier molecular flexibility index (Phi) is 2.55. The summed E-state index contributed by atoms with van der Waals surface area (Å²) in [6.45, 7) is 0. The van der Waals surface area contributed by atoms with Gasteiger partial charge in [0, 0.05) is 12.3 Å². The van der Waals surface area contributed by atoms with Crippen LogP contribution in [0.15, 0.2) is 30.3 Å². The molecule has 1 fully saturated rings. The van der Waals surface area contributed by atoms with Crippen molar-refractivity contribution in [2.24, 2.45) is 5.41 Å². The summed E-state index contributed by atoms with van der Waals surface area (Å²) in [5.41, 5.74) is 0.853. The minimum absolute atomic E-state index is 0.0844. The molecule has 0 saturated heterocycles. The van der Waals surface area contributed by atoms with Crippen molar-refractivity contribution in [2.45, 2.75) is 25.2 Å². The van der Waals surface area contributed by atoms with Crippen LogP contribution in [0.5, 0.6) is 0 Å². The van der Waals surface area contributed by atoms with Crippen LogP contribution in [0.4, 0.5) is 0 Å². The van der Waals surface area contributed by atoms with Crippen molar-refractivity contribution >= 4 is 6.29 Å². The van der Waals surface area contributed by atoms with Gasteiger partial charge in [-0.25, -0.2) is 0 Å². The maximum absolute atomic E-state index is 10.7. The first-order valence-electron chi connectivity index (χ1n) is 5.22. The Hall–Kier alpha value is -1.62. The Bertz CT molecular complexity index is 387. The maximum Gasteiger partial charge on any atom is 0.120 e. The number of aldehydes is 1. The van der Waals surface area contributed by atoms with Crippen LogP contribution >= 0.6 is 0 Å². The van der Waals surface area contributed by atoms with E-state index < -0.39 is 0 Å². The normalized spacial score (nSPS) is 18.9. The minimum Gasteiger partial charge on any atom is -0.303 e. The van der Waals surface area contributed by atoms with Gasteiger partial charge in [0.15, 0.2) is 0 Å². The highest BCUT2D eigenvalue weighted by molar-refractivity contribution is 5.53. The van der Waals surface area contributed by atoms with Crippen molar-refractivity contribution in [3.05, 3.63) is 35.9 Å². The van der Waals surface area contributed by atoms with E-state index in [0.29, 0.717) is 6.42 Å². The lowest BCUT2D eigenvalue weighted by Crippen LogP contribution is -2.12. The smallest absolute Gasteiger partial charge is 0.120 e. The van der Waals surface area contributed by atoms with Gasteiger partial charge in [0.1, 0.15) is 6.29 Å². The fourth-order valence-corrected chi connectivity index (χ4v) is 2.14. The number of nitriles is 1. The zero-order valence-electron chi connectivity index (χ0n) is 8.52. The van der Waals surface area contributed by atoms with Crippen molar-refractivity contribution < 1.29 is 4.79 Å². The molecule has 0 N–H and O–H groups in total. The highest BCUT2D eigenvalue weighted by Gasteiger charge is 2.50. The monoisotopic (exact) mass is 199 g/mol. The first-order valence-corrected chi connectivity index (χ1v) is 5.22. The molecule has 2 nitrogen and oxygen atoms in total. The summed E-state index contributed by atoms with van der Waals surface area (Å²) in [7, 11) is 0. The third-order valence-corrected chi connectivity index (χ3v) is 3.21. The molecule has 1 aromatic rings. The van der Waals surface area contributed by atoms with Gasteiger partial charge < -0.3 is 4.79 Å². The second-order valence-electron chi connectivity index (χ2n) is 4.13. The lowest BCUT2D eigenvalue weighted by atomic mass is 9.82. The number of benzene rings is 1. The fraction of sp³-hybridized carbons (Fsp3) is 0.385. The van der Waals surface area contributed by atoms with E-state index in [1.165, 1.54) is 0 Å². The average molecular weight is 199 g/mol. The van der Waals surface area contributed by atoms with E-state index in [-0.39, 0.29) is 11.3 Å². The fourth-order valence-electron chi connectivity index (χ4n) is 2.14. The Morgan fingerprint density at radius 2 is 2.07 bits per heavy atom. The number of hydrogen-bond donors (Lipinski definition) is 0. The van der Waals surface area contributed by atoms with Crippen molar-refractivity contribution in [2.75, 3.05) is 0 Å². The molecule has 0 bridgehead atoms. The summed E-state index contributed by atoms with van der Waals surface area (Å²) in [6.07, 6.45) is 3.24. The molecule has 0 aromatic heterocycles. The van der Waals surface area contributed by atoms with Crippen LogP contribution in [0, 0.1) is 16.7 Å². The maximum atomic E-state index is 10.7. The number of nitrogens with zero attached hydrogens (tertiary/aromatic N) is 1. The molecule has 1 aromatic carbocycles. The van der Waals surface area contributed by atoms with Gasteiger partial charge in [-0.3, -0.25) is 0 Å². The van der Waals surface area contributed by atoms with Crippen LogP contribution in [0.3, 0.4) is 0 Å². The molecule has 1 aliphatic carbocycles. The molecule has 0 radical (unpaired) electrons. The van der Waals surface area contributed by atoms with Crippen LogP contribution in [0.2, 0.25) is 0 Å². The summed E-state index contributed by atoms with van der Waals surface area (Å²) in [6, 6.07) is 12.3. The van der Waals surface area contributed by atoms with E-state index in [2.05, 4.69) is 6.07 Å². The highest BCUT2D eigenvalue weighted by Crippen LogP contribution is 2.56. The van der Waals surface area contributed by atoms with E-state index in [4.69, 9.17) is 5.26 Å². The molecule has 2 rings (SSSR count). The quantitative estimate of drug-likeness (QED) is 0.699. The molecular formula is C13H13NO. The molecule has 0 spiro atoms. The van der Waals surface area contributed by atoms with Crippen molar-refractivity contribution in [1.82, 2.24) is 0 Å². The highest BCUT2D eigenvalue weighted by atomic mass is 16.1. The van der Waals surface area contributed by atoms with Crippen LogP contribution in [-0.4, -0.2) is 6.29 Å². The van der Waals surface area contributed by atoms with E-state index >= 15 is 0 Å². The van der Waals surface area contributed by atoms with E-state index in [9.17, 15) is 4.79 Å². The summed E-state index contributed by atoms with van der Waals surface area (Å²) >= 11 is 0. The topological polar surface area (TPSA) is 40.9 Å². The van der Waals surface area contributed by atoms with Crippen LogP contribution < -0.4 is 0 Å². The first kappa shape index (κ1) is 9.92. The largest absolute Gasteiger partial charge is 0.303 e. The Morgan fingerprint density at radius 1 is 1.40 bits per heavy atom. The van der Waals surface area contributed by atoms with Gasteiger partial charge in [-0.1, -0.05) is 30.3 Å². The lowest BCUT2D eigenvalue weighted by Gasteiger charge is -2.19. The standard InChI is InChI=1S/C13H13NO/c14-10-13(7-8-13)12(6-9-15)11-4-2-1-3-5-11/h1-5,9,12H,6-8H2. The number of hydrogen-bond acceptors (Lipinski definition) is 2. The minimum atomic E-state index is -0.262. The Labute approximate surface area is 89.5 Å². The average Bonchev–Trinajstić information content (AvgIpc) is 3.08. The molecule has 76 valence electrons. The number of rotatable bonds is 4. The summed E-state index contributed by atoms with van der Waals surface area (Å²) in [4.78, 5) is 10.7. The van der Waals surface area contributed by atoms with Gasteiger partial charge in [0.25, 0.3) is 0 Å². The van der Waals surface area contributed by atoms with E-state index in [1.807, 2.05) is 30.3 Å².